The summed E-state index contributed by atoms with van der Waals surface area (Å²) in [4.78, 5) is 10.6. The standard InChI is InChI=1S/C17H21F3O2/c1-3-6-12-10-14(17(18,19)20)11-13(7-4-2)15(12)8-5-9-16(21)22/h5,9-11H,3-4,6-8H2,1-2H3,(H,21,22). The van der Waals surface area contributed by atoms with Gasteiger partial charge in [0.05, 0.1) is 5.56 Å². The summed E-state index contributed by atoms with van der Waals surface area (Å²) in [6, 6.07) is 2.40. The highest BCUT2D eigenvalue weighted by atomic mass is 19.4. The molecule has 22 heavy (non-hydrogen) atoms. The number of aliphatic carboxylic acids is 1. The average molecular weight is 314 g/mol. The molecular weight excluding hydrogens is 293 g/mol. The fraction of sp³-hybridized carbons (Fsp3) is 0.471. The Kier molecular flexibility index (Phi) is 6.65. The van der Waals surface area contributed by atoms with E-state index in [-0.39, 0.29) is 0 Å². The largest absolute Gasteiger partial charge is 0.478 e. The zero-order chi connectivity index (χ0) is 16.8. The molecule has 0 aromatic heterocycles. The van der Waals surface area contributed by atoms with E-state index >= 15 is 0 Å². The number of carbonyl (C=O) groups is 1. The molecule has 5 heteroatoms. The van der Waals surface area contributed by atoms with Gasteiger partial charge in [-0.1, -0.05) is 32.8 Å². The molecule has 0 bridgehead atoms. The highest BCUT2D eigenvalue weighted by Gasteiger charge is 2.31. The van der Waals surface area contributed by atoms with Crippen LogP contribution in [-0.4, -0.2) is 11.1 Å². The highest BCUT2D eigenvalue weighted by molar-refractivity contribution is 5.79. The maximum Gasteiger partial charge on any atom is 0.416 e. The van der Waals surface area contributed by atoms with Crippen molar-refractivity contribution in [3.05, 3.63) is 46.5 Å². The Morgan fingerprint density at radius 3 is 2.00 bits per heavy atom. The summed E-state index contributed by atoms with van der Waals surface area (Å²) < 4.78 is 39.1. The monoisotopic (exact) mass is 314 g/mol. The van der Waals surface area contributed by atoms with Crippen molar-refractivity contribution in [3.63, 3.8) is 0 Å². The Labute approximate surface area is 128 Å². The van der Waals surface area contributed by atoms with Crippen molar-refractivity contribution in [2.24, 2.45) is 0 Å². The SMILES string of the molecule is CCCc1cc(C(F)(F)F)cc(CCC)c1CC=CC(=O)O. The van der Waals surface area contributed by atoms with Crippen LogP contribution in [0.4, 0.5) is 13.2 Å². The summed E-state index contributed by atoms with van der Waals surface area (Å²) in [6.45, 7) is 3.83. The van der Waals surface area contributed by atoms with Crippen LogP contribution in [0, 0.1) is 0 Å². The van der Waals surface area contributed by atoms with E-state index in [0.717, 1.165) is 24.5 Å². The summed E-state index contributed by atoms with van der Waals surface area (Å²) in [7, 11) is 0. The van der Waals surface area contributed by atoms with E-state index in [9.17, 15) is 18.0 Å². The summed E-state index contributed by atoms with van der Waals surface area (Å²) >= 11 is 0. The first-order valence-electron chi connectivity index (χ1n) is 7.40. The van der Waals surface area contributed by atoms with E-state index in [1.807, 2.05) is 13.8 Å². The van der Waals surface area contributed by atoms with Crippen molar-refractivity contribution < 1.29 is 23.1 Å². The number of carboxylic acid groups (broad SMARTS) is 1. The molecule has 0 saturated heterocycles. The summed E-state index contributed by atoms with van der Waals surface area (Å²) in [5, 5.41) is 8.65. The van der Waals surface area contributed by atoms with Crippen molar-refractivity contribution in [2.75, 3.05) is 0 Å². The third-order valence-electron chi connectivity index (χ3n) is 3.38. The van der Waals surface area contributed by atoms with Crippen LogP contribution in [0.25, 0.3) is 0 Å². The maximum absolute atomic E-state index is 13.0. The molecule has 1 N–H and O–H groups in total. The number of aryl methyl sites for hydroxylation is 2. The van der Waals surface area contributed by atoms with Crippen LogP contribution in [0.2, 0.25) is 0 Å². The molecule has 0 aliphatic heterocycles. The molecule has 0 saturated carbocycles. The van der Waals surface area contributed by atoms with Gasteiger partial charge in [-0.2, -0.15) is 13.2 Å². The molecule has 0 radical (unpaired) electrons. The van der Waals surface area contributed by atoms with Crippen LogP contribution in [0.1, 0.15) is 48.9 Å². The molecule has 1 rings (SSSR count). The molecule has 122 valence electrons. The number of carboxylic acids is 1. The van der Waals surface area contributed by atoms with Crippen LogP contribution < -0.4 is 0 Å². The maximum atomic E-state index is 13.0. The lowest BCUT2D eigenvalue weighted by Gasteiger charge is -2.17. The zero-order valence-corrected chi connectivity index (χ0v) is 12.8. The van der Waals surface area contributed by atoms with Gasteiger partial charge in [-0.15, -0.1) is 0 Å². The zero-order valence-electron chi connectivity index (χ0n) is 12.8. The minimum atomic E-state index is -4.36. The predicted molar refractivity (Wildman–Crippen MR) is 79.9 cm³/mol. The van der Waals surface area contributed by atoms with Gasteiger partial charge in [0.25, 0.3) is 0 Å². The minimum absolute atomic E-state index is 0.342. The van der Waals surface area contributed by atoms with E-state index in [4.69, 9.17) is 5.11 Å². The summed E-state index contributed by atoms with van der Waals surface area (Å²) in [5.41, 5.74) is 1.53. The van der Waals surface area contributed by atoms with Crippen molar-refractivity contribution in [1.29, 1.82) is 0 Å². The van der Waals surface area contributed by atoms with Gasteiger partial charge in [-0.3, -0.25) is 0 Å². The fourth-order valence-corrected chi connectivity index (χ4v) is 2.49. The molecule has 2 nitrogen and oxygen atoms in total. The van der Waals surface area contributed by atoms with E-state index in [2.05, 4.69) is 0 Å². The third kappa shape index (κ3) is 5.20. The molecule has 0 aliphatic rings. The second kappa shape index (κ2) is 8.01. The smallest absolute Gasteiger partial charge is 0.416 e. The number of hydrogen-bond acceptors (Lipinski definition) is 1. The van der Waals surface area contributed by atoms with Crippen LogP contribution >= 0.6 is 0 Å². The predicted octanol–water partition coefficient (Wildman–Crippen LogP) is 4.79. The molecular formula is C17H21F3O2. The van der Waals surface area contributed by atoms with Gasteiger partial charge in [0.1, 0.15) is 0 Å². The van der Waals surface area contributed by atoms with Crippen LogP contribution in [0.3, 0.4) is 0 Å². The fourth-order valence-electron chi connectivity index (χ4n) is 2.49. The minimum Gasteiger partial charge on any atom is -0.478 e. The van der Waals surface area contributed by atoms with Gasteiger partial charge >= 0.3 is 12.1 Å². The van der Waals surface area contributed by atoms with E-state index < -0.39 is 17.7 Å². The van der Waals surface area contributed by atoms with Gasteiger partial charge in [0.15, 0.2) is 0 Å². The van der Waals surface area contributed by atoms with Gasteiger partial charge in [0, 0.05) is 6.08 Å². The second-order valence-electron chi connectivity index (χ2n) is 5.22. The Bertz CT molecular complexity index is 518. The molecule has 0 fully saturated rings. The molecule has 0 unspecified atom stereocenters. The molecule has 0 heterocycles. The lowest BCUT2D eigenvalue weighted by Crippen LogP contribution is -2.10. The van der Waals surface area contributed by atoms with Gasteiger partial charge in [-0.25, -0.2) is 4.79 Å². The number of benzene rings is 1. The summed E-state index contributed by atoms with van der Waals surface area (Å²) in [6.07, 6.45) is 1.08. The molecule has 1 aromatic rings. The second-order valence-corrected chi connectivity index (χ2v) is 5.22. The van der Waals surface area contributed by atoms with E-state index in [1.165, 1.54) is 18.2 Å². The summed E-state index contributed by atoms with van der Waals surface area (Å²) in [5.74, 6) is -1.05. The molecule has 0 spiro atoms. The lowest BCUT2D eigenvalue weighted by molar-refractivity contribution is -0.137. The Morgan fingerprint density at radius 1 is 1.14 bits per heavy atom. The Hall–Kier alpha value is -1.78. The number of allylic oxidation sites excluding steroid dienone is 1. The van der Waals surface area contributed by atoms with Crippen LogP contribution in [-0.2, 0) is 30.2 Å². The van der Waals surface area contributed by atoms with Gasteiger partial charge in [-0.05, 0) is 48.1 Å². The van der Waals surface area contributed by atoms with Crippen molar-refractivity contribution >= 4 is 5.97 Å². The molecule has 0 amide bonds. The molecule has 0 atom stereocenters. The molecule has 0 aliphatic carbocycles. The van der Waals surface area contributed by atoms with E-state index in [1.54, 1.807) is 0 Å². The van der Waals surface area contributed by atoms with Crippen molar-refractivity contribution in [1.82, 2.24) is 0 Å². The topological polar surface area (TPSA) is 37.3 Å². The third-order valence-corrected chi connectivity index (χ3v) is 3.38. The highest BCUT2D eigenvalue weighted by Crippen LogP contribution is 2.33. The Morgan fingerprint density at radius 2 is 1.64 bits per heavy atom. The number of alkyl halides is 3. The Balaban J connectivity index is 3.32. The first-order valence-corrected chi connectivity index (χ1v) is 7.40. The number of rotatable bonds is 7. The lowest BCUT2D eigenvalue weighted by atomic mass is 9.90. The van der Waals surface area contributed by atoms with Crippen molar-refractivity contribution in [2.45, 2.75) is 52.1 Å². The van der Waals surface area contributed by atoms with Crippen LogP contribution in [0.15, 0.2) is 24.3 Å². The van der Waals surface area contributed by atoms with Gasteiger partial charge < -0.3 is 5.11 Å². The quantitative estimate of drug-likeness (QED) is 0.734. The van der Waals surface area contributed by atoms with Gasteiger partial charge in [0.2, 0.25) is 0 Å². The number of halogens is 3. The number of hydrogen-bond donors (Lipinski definition) is 1. The average Bonchev–Trinajstić information content (AvgIpc) is 2.40. The van der Waals surface area contributed by atoms with Crippen LogP contribution in [0.5, 0.6) is 0 Å². The van der Waals surface area contributed by atoms with E-state index in [0.29, 0.717) is 30.4 Å². The first kappa shape index (κ1) is 18.3. The first-order chi connectivity index (χ1) is 10.3. The van der Waals surface area contributed by atoms with Crippen molar-refractivity contribution in [3.8, 4) is 0 Å². The molecule has 1 aromatic carbocycles. The normalized spacial score (nSPS) is 12.0.